The standard InChI is InChI=1S/C16H15ClN4/c17-15-10-13(6-7-16(15)21-9-8-18-12-21)11-19-20-14-4-2-1-3-5-14/h1-10,12,19-20H,11H2. The number of imidazole rings is 1. The number of halogens is 1. The molecule has 3 aromatic rings. The van der Waals surface area contributed by atoms with Crippen LogP contribution in [0.4, 0.5) is 5.69 Å². The molecule has 2 N–H and O–H groups in total. The average Bonchev–Trinajstić information content (AvgIpc) is 3.02. The van der Waals surface area contributed by atoms with Gasteiger partial charge < -0.3 is 9.99 Å². The van der Waals surface area contributed by atoms with Crippen LogP contribution in [0.3, 0.4) is 0 Å². The van der Waals surface area contributed by atoms with Crippen LogP contribution < -0.4 is 10.9 Å². The number of para-hydroxylation sites is 1. The highest BCUT2D eigenvalue weighted by Gasteiger charge is 2.03. The van der Waals surface area contributed by atoms with Crippen LogP contribution in [0.1, 0.15) is 5.56 Å². The minimum absolute atomic E-state index is 0.679. The van der Waals surface area contributed by atoms with Gasteiger partial charge in [-0.25, -0.2) is 10.4 Å². The van der Waals surface area contributed by atoms with Crippen LogP contribution in [-0.4, -0.2) is 9.55 Å². The van der Waals surface area contributed by atoms with Crippen molar-refractivity contribution in [2.45, 2.75) is 6.54 Å². The Morgan fingerprint density at radius 3 is 2.67 bits per heavy atom. The fraction of sp³-hybridized carbons (Fsp3) is 0.0625. The molecule has 0 unspecified atom stereocenters. The number of aromatic nitrogens is 2. The first kappa shape index (κ1) is 13.7. The maximum absolute atomic E-state index is 6.32. The van der Waals surface area contributed by atoms with Crippen molar-refractivity contribution < 1.29 is 0 Å². The summed E-state index contributed by atoms with van der Waals surface area (Å²) in [4.78, 5) is 4.03. The molecule has 0 bridgehead atoms. The first-order valence-electron chi connectivity index (χ1n) is 6.63. The molecule has 5 heteroatoms. The van der Waals surface area contributed by atoms with Crippen molar-refractivity contribution in [1.29, 1.82) is 0 Å². The molecular weight excluding hydrogens is 284 g/mol. The Labute approximate surface area is 128 Å². The van der Waals surface area contributed by atoms with E-state index in [0.29, 0.717) is 11.6 Å². The Bertz CT molecular complexity index is 696. The first-order valence-corrected chi connectivity index (χ1v) is 7.01. The number of benzene rings is 2. The van der Waals surface area contributed by atoms with Gasteiger partial charge in [0.25, 0.3) is 0 Å². The van der Waals surface area contributed by atoms with E-state index in [1.54, 1.807) is 12.5 Å². The number of nitrogens with one attached hydrogen (secondary N) is 2. The van der Waals surface area contributed by atoms with Crippen molar-refractivity contribution in [3.63, 3.8) is 0 Å². The zero-order valence-corrected chi connectivity index (χ0v) is 12.1. The van der Waals surface area contributed by atoms with Crippen molar-refractivity contribution in [2.24, 2.45) is 0 Å². The fourth-order valence-electron chi connectivity index (χ4n) is 2.04. The summed E-state index contributed by atoms with van der Waals surface area (Å²) in [6.07, 6.45) is 5.34. The van der Waals surface area contributed by atoms with E-state index in [1.807, 2.05) is 59.3 Å². The molecule has 21 heavy (non-hydrogen) atoms. The Morgan fingerprint density at radius 1 is 1.10 bits per heavy atom. The quantitative estimate of drug-likeness (QED) is 0.707. The zero-order chi connectivity index (χ0) is 14.5. The summed E-state index contributed by atoms with van der Waals surface area (Å²) >= 11 is 6.32. The Kier molecular flexibility index (Phi) is 4.19. The summed E-state index contributed by atoms with van der Waals surface area (Å²) in [5.74, 6) is 0. The third kappa shape index (κ3) is 3.42. The third-order valence-electron chi connectivity index (χ3n) is 3.09. The highest BCUT2D eigenvalue weighted by Crippen LogP contribution is 2.21. The third-order valence-corrected chi connectivity index (χ3v) is 3.40. The van der Waals surface area contributed by atoms with Gasteiger partial charge in [0, 0.05) is 24.6 Å². The van der Waals surface area contributed by atoms with Crippen LogP contribution in [-0.2, 0) is 6.54 Å². The molecule has 0 saturated carbocycles. The second kappa shape index (κ2) is 6.43. The number of hydrazine groups is 1. The molecule has 1 heterocycles. The van der Waals surface area contributed by atoms with Crippen molar-refractivity contribution in [2.75, 3.05) is 5.43 Å². The maximum atomic E-state index is 6.32. The van der Waals surface area contributed by atoms with Crippen LogP contribution in [0.2, 0.25) is 5.02 Å². The van der Waals surface area contributed by atoms with E-state index < -0.39 is 0 Å². The average molecular weight is 299 g/mol. The summed E-state index contributed by atoms with van der Waals surface area (Å²) in [6, 6.07) is 16.0. The van der Waals surface area contributed by atoms with Crippen molar-refractivity contribution in [3.8, 4) is 5.69 Å². The number of rotatable bonds is 5. The summed E-state index contributed by atoms with van der Waals surface area (Å²) in [5, 5.41) is 0.701. The minimum atomic E-state index is 0.679. The van der Waals surface area contributed by atoms with E-state index in [1.165, 1.54) is 0 Å². The summed E-state index contributed by atoms with van der Waals surface area (Å²) in [6.45, 7) is 0.679. The normalized spacial score (nSPS) is 10.5. The van der Waals surface area contributed by atoms with Crippen LogP contribution in [0.5, 0.6) is 0 Å². The van der Waals surface area contributed by atoms with E-state index in [0.717, 1.165) is 16.9 Å². The lowest BCUT2D eigenvalue weighted by Crippen LogP contribution is -2.20. The van der Waals surface area contributed by atoms with Gasteiger partial charge in [0.05, 0.1) is 17.0 Å². The summed E-state index contributed by atoms with van der Waals surface area (Å²) in [7, 11) is 0. The van der Waals surface area contributed by atoms with Crippen LogP contribution in [0.25, 0.3) is 5.69 Å². The van der Waals surface area contributed by atoms with Crippen LogP contribution in [0.15, 0.2) is 67.3 Å². The second-order valence-electron chi connectivity index (χ2n) is 4.60. The van der Waals surface area contributed by atoms with Gasteiger partial charge >= 0.3 is 0 Å². The van der Waals surface area contributed by atoms with E-state index in [-0.39, 0.29) is 0 Å². The van der Waals surface area contributed by atoms with Gasteiger partial charge in [-0.1, -0.05) is 35.9 Å². The van der Waals surface area contributed by atoms with Gasteiger partial charge in [-0.2, -0.15) is 0 Å². The van der Waals surface area contributed by atoms with Crippen molar-refractivity contribution >= 4 is 17.3 Å². The van der Waals surface area contributed by atoms with E-state index >= 15 is 0 Å². The molecule has 2 aromatic carbocycles. The van der Waals surface area contributed by atoms with Gasteiger partial charge in [-0.3, -0.25) is 0 Å². The van der Waals surface area contributed by atoms with E-state index in [4.69, 9.17) is 11.6 Å². The smallest absolute Gasteiger partial charge is 0.0992 e. The topological polar surface area (TPSA) is 41.9 Å². The maximum Gasteiger partial charge on any atom is 0.0992 e. The summed E-state index contributed by atoms with van der Waals surface area (Å²) in [5.41, 5.74) is 9.37. The lowest BCUT2D eigenvalue weighted by Gasteiger charge is -2.10. The monoisotopic (exact) mass is 298 g/mol. The van der Waals surface area contributed by atoms with Gasteiger partial charge in [-0.15, -0.1) is 0 Å². The molecule has 0 fully saturated rings. The number of hydrogen-bond donors (Lipinski definition) is 2. The number of anilines is 1. The van der Waals surface area contributed by atoms with Gasteiger partial charge in [-0.05, 0) is 29.8 Å². The molecule has 0 aliphatic rings. The van der Waals surface area contributed by atoms with Crippen LogP contribution >= 0.6 is 11.6 Å². The fourth-order valence-corrected chi connectivity index (χ4v) is 2.34. The van der Waals surface area contributed by atoms with Gasteiger partial charge in [0.1, 0.15) is 0 Å². The lowest BCUT2D eigenvalue weighted by molar-refractivity contribution is 0.801. The van der Waals surface area contributed by atoms with E-state index in [2.05, 4.69) is 15.8 Å². The highest BCUT2D eigenvalue weighted by molar-refractivity contribution is 6.32. The Balaban J connectivity index is 1.63. The van der Waals surface area contributed by atoms with Gasteiger partial charge in [0.15, 0.2) is 0 Å². The molecule has 0 atom stereocenters. The highest BCUT2D eigenvalue weighted by atomic mass is 35.5. The lowest BCUT2D eigenvalue weighted by atomic mass is 10.2. The van der Waals surface area contributed by atoms with E-state index in [9.17, 15) is 0 Å². The molecule has 3 rings (SSSR count). The molecule has 0 radical (unpaired) electrons. The molecule has 0 saturated heterocycles. The minimum Gasteiger partial charge on any atom is -0.321 e. The SMILES string of the molecule is Clc1cc(CNNc2ccccc2)ccc1-n1ccnc1. The predicted molar refractivity (Wildman–Crippen MR) is 85.5 cm³/mol. The second-order valence-corrected chi connectivity index (χ2v) is 5.01. The molecule has 106 valence electrons. The molecular formula is C16H15ClN4. The largest absolute Gasteiger partial charge is 0.321 e. The Hall–Kier alpha value is -2.30. The molecule has 0 spiro atoms. The zero-order valence-electron chi connectivity index (χ0n) is 11.3. The van der Waals surface area contributed by atoms with Crippen molar-refractivity contribution in [1.82, 2.24) is 15.0 Å². The number of hydrogen-bond acceptors (Lipinski definition) is 3. The molecule has 0 aliphatic carbocycles. The molecule has 4 nitrogen and oxygen atoms in total. The molecule has 0 amide bonds. The summed E-state index contributed by atoms with van der Waals surface area (Å²) < 4.78 is 1.89. The van der Waals surface area contributed by atoms with Crippen molar-refractivity contribution in [3.05, 3.63) is 77.8 Å². The predicted octanol–water partition coefficient (Wildman–Crippen LogP) is 3.64. The van der Waals surface area contributed by atoms with Crippen LogP contribution in [0, 0.1) is 0 Å². The first-order chi connectivity index (χ1) is 10.3. The van der Waals surface area contributed by atoms with Gasteiger partial charge in [0.2, 0.25) is 0 Å². The Morgan fingerprint density at radius 2 is 1.95 bits per heavy atom. The number of nitrogens with zero attached hydrogens (tertiary/aromatic N) is 2. The molecule has 0 aliphatic heterocycles. The molecule has 1 aromatic heterocycles.